The van der Waals surface area contributed by atoms with Crippen molar-refractivity contribution < 1.29 is 4.79 Å². The van der Waals surface area contributed by atoms with E-state index in [-0.39, 0.29) is 5.91 Å². The van der Waals surface area contributed by atoms with Crippen LogP contribution < -0.4 is 0 Å². The van der Waals surface area contributed by atoms with Crippen LogP contribution in [0.2, 0.25) is 0 Å². The summed E-state index contributed by atoms with van der Waals surface area (Å²) < 4.78 is 2.15. The molecule has 2 aliphatic heterocycles. The Kier molecular flexibility index (Phi) is 5.54. The SMILES string of the molecule is O=C(c1ccc(Cn2cnc3ccccc32)cc1)N1CCCC(N2CCCCC2)C1. The lowest BCUT2D eigenvalue weighted by Crippen LogP contribution is -2.51. The highest BCUT2D eigenvalue weighted by atomic mass is 16.2. The molecular formula is C25H30N4O. The Balaban J connectivity index is 1.25. The Bertz CT molecular complexity index is 1000. The number of imidazole rings is 1. The highest BCUT2D eigenvalue weighted by Gasteiger charge is 2.29. The first kappa shape index (κ1) is 19.3. The molecule has 5 nitrogen and oxygen atoms in total. The summed E-state index contributed by atoms with van der Waals surface area (Å²) in [6, 6.07) is 16.8. The van der Waals surface area contributed by atoms with Crippen molar-refractivity contribution >= 4 is 16.9 Å². The molecule has 2 fully saturated rings. The number of fused-ring (bicyclic) bond motifs is 1. The quantitative estimate of drug-likeness (QED) is 0.658. The van der Waals surface area contributed by atoms with Crippen LogP contribution in [0.15, 0.2) is 54.9 Å². The van der Waals surface area contributed by atoms with Gasteiger partial charge in [-0.25, -0.2) is 4.98 Å². The monoisotopic (exact) mass is 402 g/mol. The highest BCUT2D eigenvalue weighted by molar-refractivity contribution is 5.94. The van der Waals surface area contributed by atoms with Gasteiger partial charge >= 0.3 is 0 Å². The molecule has 0 bridgehead atoms. The minimum atomic E-state index is 0.177. The van der Waals surface area contributed by atoms with Gasteiger partial charge in [-0.3, -0.25) is 9.69 Å². The fourth-order valence-corrected chi connectivity index (χ4v) is 4.99. The number of rotatable bonds is 4. The Morgan fingerprint density at radius 2 is 1.73 bits per heavy atom. The molecule has 2 aliphatic rings. The summed E-state index contributed by atoms with van der Waals surface area (Å²) in [6.45, 7) is 4.91. The molecule has 0 saturated carbocycles. The van der Waals surface area contributed by atoms with Crippen LogP contribution in [-0.4, -0.2) is 57.5 Å². The van der Waals surface area contributed by atoms with E-state index in [1.807, 2.05) is 36.7 Å². The first-order valence-electron chi connectivity index (χ1n) is 11.3. The van der Waals surface area contributed by atoms with Crippen molar-refractivity contribution in [1.29, 1.82) is 0 Å². The molecule has 2 aromatic carbocycles. The molecule has 30 heavy (non-hydrogen) atoms. The maximum atomic E-state index is 13.1. The normalized spacial score (nSPS) is 20.5. The maximum absolute atomic E-state index is 13.1. The van der Waals surface area contributed by atoms with E-state index in [1.165, 1.54) is 44.3 Å². The second kappa shape index (κ2) is 8.60. The summed E-state index contributed by atoms with van der Waals surface area (Å²) in [6.07, 6.45) is 8.18. The first-order valence-corrected chi connectivity index (χ1v) is 11.3. The van der Waals surface area contributed by atoms with E-state index in [9.17, 15) is 4.79 Å². The summed E-state index contributed by atoms with van der Waals surface area (Å²) in [7, 11) is 0. The molecule has 0 spiro atoms. The van der Waals surface area contributed by atoms with Crippen molar-refractivity contribution in [2.24, 2.45) is 0 Å². The molecule has 1 unspecified atom stereocenters. The average Bonchev–Trinajstić information content (AvgIpc) is 3.23. The summed E-state index contributed by atoms with van der Waals surface area (Å²) >= 11 is 0. The summed E-state index contributed by atoms with van der Waals surface area (Å²) in [4.78, 5) is 22.3. The van der Waals surface area contributed by atoms with Crippen LogP contribution in [0, 0.1) is 0 Å². The van der Waals surface area contributed by atoms with Gasteiger partial charge in [0.25, 0.3) is 5.91 Å². The highest BCUT2D eigenvalue weighted by Crippen LogP contribution is 2.22. The van der Waals surface area contributed by atoms with Gasteiger partial charge in [0.15, 0.2) is 0 Å². The number of para-hydroxylation sites is 2. The zero-order valence-electron chi connectivity index (χ0n) is 17.5. The van der Waals surface area contributed by atoms with E-state index >= 15 is 0 Å². The molecule has 2 saturated heterocycles. The minimum absolute atomic E-state index is 0.177. The second-order valence-corrected chi connectivity index (χ2v) is 8.70. The van der Waals surface area contributed by atoms with Gasteiger partial charge in [0.2, 0.25) is 0 Å². The van der Waals surface area contributed by atoms with Crippen LogP contribution in [0.4, 0.5) is 0 Å². The molecule has 0 N–H and O–H groups in total. The fraction of sp³-hybridized carbons (Fsp3) is 0.440. The van der Waals surface area contributed by atoms with Crippen LogP contribution in [0.3, 0.4) is 0 Å². The van der Waals surface area contributed by atoms with Gasteiger partial charge in [0, 0.05) is 31.2 Å². The standard InChI is InChI=1S/C25H30N4O/c30-25(28-16-6-7-22(18-28)27-14-4-1-5-15-27)21-12-10-20(11-13-21)17-29-19-26-23-8-2-3-9-24(23)29/h2-3,8-13,19,22H,1,4-7,14-18H2. The zero-order chi connectivity index (χ0) is 20.3. The van der Waals surface area contributed by atoms with E-state index in [2.05, 4.69) is 37.5 Å². The van der Waals surface area contributed by atoms with Crippen molar-refractivity contribution in [2.75, 3.05) is 26.2 Å². The van der Waals surface area contributed by atoms with Gasteiger partial charge in [0.1, 0.15) is 0 Å². The lowest BCUT2D eigenvalue weighted by atomic mass is 10.00. The van der Waals surface area contributed by atoms with Crippen LogP contribution in [0.1, 0.15) is 48.0 Å². The minimum Gasteiger partial charge on any atom is -0.337 e. The average molecular weight is 403 g/mol. The van der Waals surface area contributed by atoms with Crippen LogP contribution in [0.25, 0.3) is 11.0 Å². The number of likely N-dealkylation sites (tertiary alicyclic amines) is 2. The summed E-state index contributed by atoms with van der Waals surface area (Å²) in [5.41, 5.74) is 4.13. The molecule has 1 atom stereocenters. The number of hydrogen-bond donors (Lipinski definition) is 0. The topological polar surface area (TPSA) is 41.4 Å². The second-order valence-electron chi connectivity index (χ2n) is 8.70. The molecule has 5 heteroatoms. The van der Waals surface area contributed by atoms with Crippen LogP contribution >= 0.6 is 0 Å². The van der Waals surface area contributed by atoms with E-state index < -0.39 is 0 Å². The molecular weight excluding hydrogens is 372 g/mol. The van der Waals surface area contributed by atoms with Crippen LogP contribution in [-0.2, 0) is 6.54 Å². The molecule has 1 amide bonds. The molecule has 5 rings (SSSR count). The lowest BCUT2D eigenvalue weighted by Gasteiger charge is -2.41. The van der Waals surface area contributed by atoms with Gasteiger partial charge in [-0.05, 0) is 68.6 Å². The van der Waals surface area contributed by atoms with Gasteiger partial charge < -0.3 is 9.47 Å². The Hall–Kier alpha value is -2.66. The Labute approximate surface area is 178 Å². The smallest absolute Gasteiger partial charge is 0.253 e. The van der Waals surface area contributed by atoms with Crippen molar-refractivity contribution in [3.8, 4) is 0 Å². The first-order chi connectivity index (χ1) is 14.8. The van der Waals surface area contributed by atoms with Crippen molar-refractivity contribution in [2.45, 2.75) is 44.7 Å². The van der Waals surface area contributed by atoms with Crippen molar-refractivity contribution in [3.63, 3.8) is 0 Å². The molecule has 3 aromatic rings. The van der Waals surface area contributed by atoms with Gasteiger partial charge in [0.05, 0.1) is 17.4 Å². The van der Waals surface area contributed by atoms with E-state index in [0.717, 1.165) is 42.7 Å². The van der Waals surface area contributed by atoms with Gasteiger partial charge in [-0.15, -0.1) is 0 Å². The number of amides is 1. The maximum Gasteiger partial charge on any atom is 0.253 e. The van der Waals surface area contributed by atoms with Gasteiger partial charge in [-0.2, -0.15) is 0 Å². The molecule has 1 aromatic heterocycles. The lowest BCUT2D eigenvalue weighted by molar-refractivity contribution is 0.0537. The third kappa shape index (κ3) is 3.99. The predicted molar refractivity (Wildman–Crippen MR) is 120 cm³/mol. The number of piperidine rings is 2. The molecule has 3 heterocycles. The zero-order valence-corrected chi connectivity index (χ0v) is 17.5. The van der Waals surface area contributed by atoms with Crippen LogP contribution in [0.5, 0.6) is 0 Å². The van der Waals surface area contributed by atoms with E-state index in [1.54, 1.807) is 0 Å². The predicted octanol–water partition coefficient (Wildman–Crippen LogP) is 4.18. The Morgan fingerprint density at radius 1 is 0.933 bits per heavy atom. The van der Waals surface area contributed by atoms with Crippen molar-refractivity contribution in [3.05, 3.63) is 66.0 Å². The molecule has 0 aliphatic carbocycles. The molecule has 156 valence electrons. The number of carbonyl (C=O) groups is 1. The third-order valence-corrected chi connectivity index (χ3v) is 6.67. The summed E-state index contributed by atoms with van der Waals surface area (Å²) in [5.74, 6) is 0.177. The van der Waals surface area contributed by atoms with Crippen molar-refractivity contribution in [1.82, 2.24) is 19.4 Å². The number of nitrogens with zero attached hydrogens (tertiary/aromatic N) is 4. The third-order valence-electron chi connectivity index (χ3n) is 6.67. The largest absolute Gasteiger partial charge is 0.337 e. The van der Waals surface area contributed by atoms with E-state index in [0.29, 0.717) is 6.04 Å². The molecule has 0 radical (unpaired) electrons. The summed E-state index contributed by atoms with van der Waals surface area (Å²) in [5, 5.41) is 0. The fourth-order valence-electron chi connectivity index (χ4n) is 4.99. The Morgan fingerprint density at radius 3 is 2.57 bits per heavy atom. The van der Waals surface area contributed by atoms with E-state index in [4.69, 9.17) is 0 Å². The van der Waals surface area contributed by atoms with Gasteiger partial charge in [-0.1, -0.05) is 30.7 Å². The number of carbonyl (C=O) groups excluding carboxylic acids is 1. The number of benzene rings is 2. The number of hydrogen-bond acceptors (Lipinski definition) is 3. The number of aromatic nitrogens is 2.